The lowest BCUT2D eigenvalue weighted by molar-refractivity contribution is -0.146. The Kier molecular flexibility index (Phi) is 6.69. The summed E-state index contributed by atoms with van der Waals surface area (Å²) in [6.07, 6.45) is 3.61. The number of hydrogen-bond acceptors (Lipinski definition) is 3. The third-order valence-corrected chi connectivity index (χ3v) is 2.72. The summed E-state index contributed by atoms with van der Waals surface area (Å²) < 4.78 is 0. The van der Waals surface area contributed by atoms with Gasteiger partial charge in [0.25, 0.3) is 0 Å². The minimum atomic E-state index is -1.09. The highest BCUT2D eigenvalue weighted by molar-refractivity contribution is 5.83. The summed E-state index contributed by atoms with van der Waals surface area (Å²) in [5.74, 6) is -0.264. The van der Waals surface area contributed by atoms with Gasteiger partial charge in [0.05, 0.1) is 18.6 Å². The quantitative estimate of drug-likeness (QED) is 0.596. The fraction of sp³-hybridized carbons (Fsp3) is 0.583. The summed E-state index contributed by atoms with van der Waals surface area (Å²) in [6, 6.07) is 0. The summed E-state index contributed by atoms with van der Waals surface area (Å²) in [7, 11) is 0. The van der Waals surface area contributed by atoms with E-state index < -0.39 is 5.41 Å². The van der Waals surface area contributed by atoms with Gasteiger partial charge in [-0.2, -0.15) is 0 Å². The normalized spacial score (nSPS) is 10.9. The second-order valence-electron chi connectivity index (χ2n) is 3.74. The van der Waals surface area contributed by atoms with Crippen molar-refractivity contribution in [3.8, 4) is 0 Å². The molecule has 0 aromatic rings. The predicted molar refractivity (Wildman–Crippen MR) is 63.9 cm³/mol. The van der Waals surface area contributed by atoms with Crippen LogP contribution < -0.4 is 0 Å². The Morgan fingerprint density at radius 3 is 1.94 bits per heavy atom. The lowest BCUT2D eigenvalue weighted by Gasteiger charge is -2.33. The molecule has 0 heterocycles. The zero-order valence-corrected chi connectivity index (χ0v) is 9.85. The minimum Gasteiger partial charge on any atom is -0.395 e. The highest BCUT2D eigenvalue weighted by Crippen LogP contribution is 2.23. The van der Waals surface area contributed by atoms with Crippen molar-refractivity contribution in [1.82, 2.24) is 4.90 Å². The lowest BCUT2D eigenvalue weighted by atomic mass is 9.85. The third kappa shape index (κ3) is 3.18. The summed E-state index contributed by atoms with van der Waals surface area (Å²) in [5.41, 5.74) is -1.09. The average Bonchev–Trinajstić information content (AvgIpc) is 2.31. The van der Waals surface area contributed by atoms with Crippen LogP contribution in [0, 0.1) is 5.41 Å². The zero-order chi connectivity index (χ0) is 12.6. The first-order valence-corrected chi connectivity index (χ1v) is 5.34. The molecular formula is C12H21NO3. The number of amides is 1. The first kappa shape index (κ1) is 14.9. The Bertz CT molecular complexity index is 228. The van der Waals surface area contributed by atoms with E-state index in [4.69, 9.17) is 0 Å². The Hall–Kier alpha value is -1.13. The Balaban J connectivity index is 4.92. The topological polar surface area (TPSA) is 60.8 Å². The van der Waals surface area contributed by atoms with Crippen LogP contribution in [-0.2, 0) is 4.79 Å². The van der Waals surface area contributed by atoms with Crippen molar-refractivity contribution < 1.29 is 15.0 Å². The fourth-order valence-corrected chi connectivity index (χ4v) is 1.45. The van der Waals surface area contributed by atoms with Crippen molar-refractivity contribution in [1.29, 1.82) is 0 Å². The number of hydrogen-bond donors (Lipinski definition) is 2. The molecule has 92 valence electrons. The van der Waals surface area contributed by atoms with Crippen LogP contribution in [0.2, 0.25) is 0 Å². The van der Waals surface area contributed by atoms with E-state index in [1.165, 1.54) is 4.90 Å². The largest absolute Gasteiger partial charge is 0.395 e. The van der Waals surface area contributed by atoms with Gasteiger partial charge in [-0.1, -0.05) is 19.1 Å². The van der Waals surface area contributed by atoms with Gasteiger partial charge in [0.2, 0.25) is 5.91 Å². The van der Waals surface area contributed by atoms with Crippen LogP contribution in [0.5, 0.6) is 0 Å². The number of carbonyl (C=O) groups is 1. The van der Waals surface area contributed by atoms with E-state index in [9.17, 15) is 15.0 Å². The maximum atomic E-state index is 12.1. The van der Waals surface area contributed by atoms with Crippen LogP contribution in [0.1, 0.15) is 13.3 Å². The van der Waals surface area contributed by atoms with E-state index in [1.807, 2.05) is 0 Å². The van der Waals surface area contributed by atoms with Crippen LogP contribution >= 0.6 is 0 Å². The molecule has 0 aromatic heterocycles. The average molecular weight is 227 g/mol. The monoisotopic (exact) mass is 227 g/mol. The number of aliphatic hydroxyl groups excluding tert-OH is 2. The van der Waals surface area contributed by atoms with Crippen molar-refractivity contribution in [3.05, 3.63) is 25.3 Å². The molecule has 0 aliphatic rings. The SMILES string of the molecule is C=CCN(CC=C)C(=O)C(CC)(CO)CO. The van der Waals surface area contributed by atoms with Gasteiger partial charge in [-0.15, -0.1) is 13.2 Å². The molecule has 0 aromatic carbocycles. The number of nitrogens with zero attached hydrogens (tertiary/aromatic N) is 1. The van der Waals surface area contributed by atoms with Gasteiger partial charge in [-0.05, 0) is 6.42 Å². The fourth-order valence-electron chi connectivity index (χ4n) is 1.45. The molecule has 0 bridgehead atoms. The third-order valence-electron chi connectivity index (χ3n) is 2.72. The second-order valence-corrected chi connectivity index (χ2v) is 3.74. The van der Waals surface area contributed by atoms with E-state index in [-0.39, 0.29) is 19.1 Å². The van der Waals surface area contributed by atoms with Gasteiger partial charge in [-0.25, -0.2) is 0 Å². The molecule has 16 heavy (non-hydrogen) atoms. The van der Waals surface area contributed by atoms with Crippen molar-refractivity contribution >= 4 is 5.91 Å². The number of carbonyl (C=O) groups excluding carboxylic acids is 1. The van der Waals surface area contributed by atoms with Crippen LogP contribution in [0.4, 0.5) is 0 Å². The van der Waals surface area contributed by atoms with Crippen LogP contribution in [0.15, 0.2) is 25.3 Å². The molecular weight excluding hydrogens is 206 g/mol. The van der Waals surface area contributed by atoms with Crippen molar-refractivity contribution in [2.75, 3.05) is 26.3 Å². The molecule has 0 atom stereocenters. The Labute approximate surface area is 96.9 Å². The van der Waals surface area contributed by atoms with Crippen LogP contribution in [0.3, 0.4) is 0 Å². The van der Waals surface area contributed by atoms with Gasteiger partial charge >= 0.3 is 0 Å². The highest BCUT2D eigenvalue weighted by Gasteiger charge is 2.38. The minimum absolute atomic E-state index is 0.264. The summed E-state index contributed by atoms with van der Waals surface area (Å²) >= 11 is 0. The molecule has 1 amide bonds. The molecule has 0 unspecified atom stereocenters. The molecule has 0 aliphatic carbocycles. The molecule has 0 saturated heterocycles. The maximum absolute atomic E-state index is 12.1. The van der Waals surface area contributed by atoms with E-state index in [1.54, 1.807) is 19.1 Å². The van der Waals surface area contributed by atoms with Crippen molar-refractivity contribution in [2.45, 2.75) is 13.3 Å². The molecule has 0 aliphatic heterocycles. The van der Waals surface area contributed by atoms with Gasteiger partial charge < -0.3 is 15.1 Å². The van der Waals surface area contributed by atoms with Crippen LogP contribution in [-0.4, -0.2) is 47.3 Å². The smallest absolute Gasteiger partial charge is 0.234 e. The molecule has 0 spiro atoms. The molecule has 2 N–H and O–H groups in total. The summed E-state index contributed by atoms with van der Waals surface area (Å²) in [5, 5.41) is 18.5. The van der Waals surface area contributed by atoms with Gasteiger partial charge in [0.1, 0.15) is 0 Å². The van der Waals surface area contributed by atoms with Gasteiger partial charge in [0, 0.05) is 13.1 Å². The van der Waals surface area contributed by atoms with E-state index in [0.29, 0.717) is 19.5 Å². The lowest BCUT2D eigenvalue weighted by Crippen LogP contribution is -2.48. The first-order chi connectivity index (χ1) is 7.61. The first-order valence-electron chi connectivity index (χ1n) is 5.34. The molecule has 4 nitrogen and oxygen atoms in total. The van der Waals surface area contributed by atoms with Gasteiger partial charge in [0.15, 0.2) is 0 Å². The maximum Gasteiger partial charge on any atom is 0.234 e. The molecule has 0 rings (SSSR count). The Morgan fingerprint density at radius 1 is 1.25 bits per heavy atom. The van der Waals surface area contributed by atoms with E-state index >= 15 is 0 Å². The van der Waals surface area contributed by atoms with Crippen molar-refractivity contribution in [2.24, 2.45) is 5.41 Å². The van der Waals surface area contributed by atoms with Crippen LogP contribution in [0.25, 0.3) is 0 Å². The number of rotatable bonds is 8. The second kappa shape index (κ2) is 7.19. The Morgan fingerprint density at radius 2 is 1.69 bits per heavy atom. The molecule has 4 heteroatoms. The summed E-state index contributed by atoms with van der Waals surface area (Å²) in [6.45, 7) is 8.96. The standard InChI is InChI=1S/C12H21NO3/c1-4-7-13(8-5-2)11(16)12(6-3,9-14)10-15/h4-5,14-15H,1-2,6-10H2,3H3. The number of aliphatic hydroxyl groups is 2. The van der Waals surface area contributed by atoms with Crippen molar-refractivity contribution in [3.63, 3.8) is 0 Å². The highest BCUT2D eigenvalue weighted by atomic mass is 16.3. The molecule has 0 radical (unpaired) electrons. The van der Waals surface area contributed by atoms with Gasteiger partial charge in [-0.3, -0.25) is 4.79 Å². The predicted octanol–water partition coefficient (Wildman–Crippen LogP) is 0.568. The molecule has 0 fully saturated rings. The van der Waals surface area contributed by atoms with E-state index in [2.05, 4.69) is 13.2 Å². The molecule has 0 saturated carbocycles. The van der Waals surface area contributed by atoms with E-state index in [0.717, 1.165) is 0 Å². The summed E-state index contributed by atoms with van der Waals surface area (Å²) in [4.78, 5) is 13.7. The zero-order valence-electron chi connectivity index (χ0n) is 9.85.